The Morgan fingerprint density at radius 2 is 2.00 bits per heavy atom. The Hall–Kier alpha value is -1.68. The van der Waals surface area contributed by atoms with Crippen molar-refractivity contribution in [2.75, 3.05) is 0 Å². The first-order chi connectivity index (χ1) is 8.22. The van der Waals surface area contributed by atoms with E-state index in [0.29, 0.717) is 6.42 Å². The lowest BCUT2D eigenvalue weighted by Gasteiger charge is -2.16. The maximum atomic E-state index is 9.77. The monoisotopic (exact) mass is 231 g/mol. The number of nitrogens with zero attached hydrogens (tertiary/aromatic N) is 3. The molecule has 0 saturated heterocycles. The van der Waals surface area contributed by atoms with Crippen molar-refractivity contribution in [1.82, 2.24) is 15.0 Å². The first kappa shape index (κ1) is 11.8. The fourth-order valence-corrected chi connectivity index (χ4v) is 1.73. The van der Waals surface area contributed by atoms with Gasteiger partial charge in [-0.2, -0.15) is 0 Å². The van der Waals surface area contributed by atoms with Crippen LogP contribution in [0, 0.1) is 0 Å². The Morgan fingerprint density at radius 3 is 2.65 bits per heavy atom. The van der Waals surface area contributed by atoms with E-state index in [1.54, 1.807) is 4.68 Å². The van der Waals surface area contributed by atoms with Crippen molar-refractivity contribution in [3.8, 4) is 11.3 Å². The smallest absolute Gasteiger partial charge is 0.113 e. The summed E-state index contributed by atoms with van der Waals surface area (Å²) < 4.78 is 1.72. The van der Waals surface area contributed by atoms with Crippen LogP contribution < -0.4 is 0 Å². The minimum atomic E-state index is -0.389. The highest BCUT2D eigenvalue weighted by Gasteiger charge is 2.15. The van der Waals surface area contributed by atoms with E-state index in [2.05, 4.69) is 10.3 Å². The van der Waals surface area contributed by atoms with E-state index >= 15 is 0 Å². The summed E-state index contributed by atoms with van der Waals surface area (Å²) in [5, 5.41) is 18.0. The number of aliphatic hydroxyl groups is 1. The lowest BCUT2D eigenvalue weighted by atomic mass is 10.1. The second kappa shape index (κ2) is 5.10. The summed E-state index contributed by atoms with van der Waals surface area (Å²) in [6, 6.07) is 9.85. The molecule has 0 bridgehead atoms. The highest BCUT2D eigenvalue weighted by molar-refractivity contribution is 5.57. The first-order valence-corrected chi connectivity index (χ1v) is 5.87. The second-order valence-corrected chi connectivity index (χ2v) is 4.17. The summed E-state index contributed by atoms with van der Waals surface area (Å²) in [5.41, 5.74) is 1.87. The summed E-state index contributed by atoms with van der Waals surface area (Å²) in [7, 11) is 0. The number of benzene rings is 1. The topological polar surface area (TPSA) is 50.9 Å². The van der Waals surface area contributed by atoms with Crippen LogP contribution in [0.4, 0.5) is 0 Å². The lowest BCUT2D eigenvalue weighted by molar-refractivity contribution is 0.110. The van der Waals surface area contributed by atoms with E-state index in [0.717, 1.165) is 11.3 Å². The van der Waals surface area contributed by atoms with Crippen molar-refractivity contribution in [3.05, 3.63) is 36.5 Å². The molecule has 1 heterocycles. The Bertz CT molecular complexity index is 467. The normalized spacial score (nSPS) is 14.5. The van der Waals surface area contributed by atoms with Gasteiger partial charge in [-0.1, -0.05) is 42.5 Å². The summed E-state index contributed by atoms with van der Waals surface area (Å²) in [6.07, 6.45) is 2.20. The predicted octanol–water partition coefficient (Wildman–Crippen LogP) is 2.28. The highest BCUT2D eigenvalue weighted by Crippen LogP contribution is 2.18. The zero-order valence-electron chi connectivity index (χ0n) is 10.1. The molecule has 4 nitrogen and oxygen atoms in total. The average Bonchev–Trinajstić information content (AvgIpc) is 2.87. The predicted molar refractivity (Wildman–Crippen MR) is 66.5 cm³/mol. The van der Waals surface area contributed by atoms with Gasteiger partial charge in [0, 0.05) is 5.56 Å². The third-order valence-electron chi connectivity index (χ3n) is 2.97. The number of rotatable bonds is 4. The van der Waals surface area contributed by atoms with Crippen LogP contribution in [0.1, 0.15) is 26.3 Å². The number of hydrogen-bond acceptors (Lipinski definition) is 3. The number of hydrogen-bond donors (Lipinski definition) is 1. The van der Waals surface area contributed by atoms with Crippen LogP contribution >= 0.6 is 0 Å². The maximum absolute atomic E-state index is 9.77. The molecule has 2 rings (SSSR count). The van der Waals surface area contributed by atoms with Gasteiger partial charge < -0.3 is 5.11 Å². The summed E-state index contributed by atoms with van der Waals surface area (Å²) in [4.78, 5) is 0. The molecule has 2 unspecified atom stereocenters. The van der Waals surface area contributed by atoms with Gasteiger partial charge in [-0.25, -0.2) is 4.68 Å². The standard InChI is InChI=1S/C13H17N3O/c1-3-13(17)10(2)16-9-12(14-15-16)11-7-5-4-6-8-11/h4-10,13,17H,3H2,1-2H3. The van der Waals surface area contributed by atoms with Crippen LogP contribution in [0.15, 0.2) is 36.5 Å². The molecule has 1 aromatic heterocycles. The maximum Gasteiger partial charge on any atom is 0.113 e. The Morgan fingerprint density at radius 1 is 1.29 bits per heavy atom. The van der Waals surface area contributed by atoms with Crippen molar-refractivity contribution >= 4 is 0 Å². The Labute approximate surface area is 101 Å². The van der Waals surface area contributed by atoms with Crippen LogP contribution in [0.3, 0.4) is 0 Å². The molecule has 0 fully saturated rings. The van der Waals surface area contributed by atoms with Crippen LogP contribution in [-0.2, 0) is 0 Å². The van der Waals surface area contributed by atoms with Crippen molar-refractivity contribution in [2.24, 2.45) is 0 Å². The van der Waals surface area contributed by atoms with E-state index in [1.807, 2.05) is 50.4 Å². The highest BCUT2D eigenvalue weighted by atomic mass is 16.3. The van der Waals surface area contributed by atoms with Gasteiger partial charge in [0.25, 0.3) is 0 Å². The molecular weight excluding hydrogens is 214 g/mol. The lowest BCUT2D eigenvalue weighted by Crippen LogP contribution is -2.21. The van der Waals surface area contributed by atoms with E-state index in [-0.39, 0.29) is 12.1 Å². The van der Waals surface area contributed by atoms with Crippen molar-refractivity contribution in [1.29, 1.82) is 0 Å². The molecule has 90 valence electrons. The molecule has 0 spiro atoms. The van der Waals surface area contributed by atoms with Gasteiger partial charge in [-0.15, -0.1) is 5.10 Å². The van der Waals surface area contributed by atoms with Gasteiger partial charge in [0.1, 0.15) is 5.69 Å². The van der Waals surface area contributed by atoms with Gasteiger partial charge in [-0.3, -0.25) is 0 Å². The van der Waals surface area contributed by atoms with Crippen LogP contribution in [0.5, 0.6) is 0 Å². The minimum Gasteiger partial charge on any atom is -0.391 e. The van der Waals surface area contributed by atoms with Crippen molar-refractivity contribution in [2.45, 2.75) is 32.4 Å². The minimum absolute atomic E-state index is 0.0510. The van der Waals surface area contributed by atoms with E-state index in [9.17, 15) is 5.11 Å². The van der Waals surface area contributed by atoms with Crippen molar-refractivity contribution < 1.29 is 5.11 Å². The third-order valence-corrected chi connectivity index (χ3v) is 2.97. The Balaban J connectivity index is 2.22. The second-order valence-electron chi connectivity index (χ2n) is 4.17. The molecule has 1 N–H and O–H groups in total. The zero-order chi connectivity index (χ0) is 12.3. The zero-order valence-corrected chi connectivity index (χ0v) is 10.1. The fraction of sp³-hybridized carbons (Fsp3) is 0.385. The van der Waals surface area contributed by atoms with Crippen LogP contribution in [-0.4, -0.2) is 26.2 Å². The van der Waals surface area contributed by atoms with E-state index in [4.69, 9.17) is 0 Å². The number of aromatic nitrogens is 3. The van der Waals surface area contributed by atoms with Crippen molar-refractivity contribution in [3.63, 3.8) is 0 Å². The molecule has 0 amide bonds. The third kappa shape index (κ3) is 2.53. The van der Waals surface area contributed by atoms with Crippen LogP contribution in [0.2, 0.25) is 0 Å². The molecule has 2 atom stereocenters. The number of aliphatic hydroxyl groups excluding tert-OH is 1. The van der Waals surface area contributed by atoms with Gasteiger partial charge >= 0.3 is 0 Å². The van der Waals surface area contributed by atoms with Gasteiger partial charge in [-0.05, 0) is 13.3 Å². The van der Waals surface area contributed by atoms with Gasteiger partial charge in [0.2, 0.25) is 0 Å². The summed E-state index contributed by atoms with van der Waals surface area (Å²) in [5.74, 6) is 0. The van der Waals surface area contributed by atoms with E-state index in [1.165, 1.54) is 0 Å². The molecular formula is C13H17N3O. The summed E-state index contributed by atoms with van der Waals surface area (Å²) >= 11 is 0. The molecule has 0 radical (unpaired) electrons. The Kier molecular flexibility index (Phi) is 3.54. The molecule has 2 aromatic rings. The molecule has 4 heteroatoms. The average molecular weight is 231 g/mol. The fourth-order valence-electron chi connectivity index (χ4n) is 1.73. The van der Waals surface area contributed by atoms with E-state index < -0.39 is 0 Å². The molecule has 0 aliphatic heterocycles. The van der Waals surface area contributed by atoms with Gasteiger partial charge in [0.05, 0.1) is 18.3 Å². The first-order valence-electron chi connectivity index (χ1n) is 5.87. The largest absolute Gasteiger partial charge is 0.391 e. The molecule has 1 aromatic carbocycles. The molecule has 17 heavy (non-hydrogen) atoms. The summed E-state index contributed by atoms with van der Waals surface area (Å²) in [6.45, 7) is 3.90. The van der Waals surface area contributed by atoms with Crippen LogP contribution in [0.25, 0.3) is 11.3 Å². The molecule has 0 aliphatic carbocycles. The molecule has 0 saturated carbocycles. The quantitative estimate of drug-likeness (QED) is 0.878. The molecule has 0 aliphatic rings. The van der Waals surface area contributed by atoms with Gasteiger partial charge in [0.15, 0.2) is 0 Å². The SMILES string of the molecule is CCC(O)C(C)n1cc(-c2ccccc2)nn1.